The van der Waals surface area contributed by atoms with Gasteiger partial charge in [0.15, 0.2) is 0 Å². The van der Waals surface area contributed by atoms with Crippen molar-refractivity contribution in [3.05, 3.63) is 70.2 Å². The number of piperidine rings is 1. The van der Waals surface area contributed by atoms with Gasteiger partial charge in [0.1, 0.15) is 42.6 Å². The van der Waals surface area contributed by atoms with Crippen LogP contribution in [-0.4, -0.2) is 95.2 Å². The van der Waals surface area contributed by atoms with Crippen LogP contribution in [0.15, 0.2) is 54.0 Å². The number of nitrogens with one attached hydrogen (secondary N) is 2. The Morgan fingerprint density at radius 3 is 2.61 bits per heavy atom. The summed E-state index contributed by atoms with van der Waals surface area (Å²) in [6.45, 7) is 8.75. The molecule has 1 atom stereocenters. The topological polar surface area (TPSA) is 148 Å². The number of para-hydroxylation sites is 1. The highest BCUT2D eigenvalue weighted by Gasteiger charge is 2.41. The molecule has 0 unspecified atom stereocenters. The van der Waals surface area contributed by atoms with Crippen molar-refractivity contribution < 1.29 is 27.5 Å². The lowest BCUT2D eigenvalue weighted by molar-refractivity contribution is -0.141. The third-order valence-corrected chi connectivity index (χ3v) is 12.4. The van der Waals surface area contributed by atoms with Crippen molar-refractivity contribution in [2.45, 2.75) is 69.5 Å². The standard InChI is InChI=1S/C35H43Cl2N7O6S/c1-23(45)49-17-16-42-14-11-24(12-15-42)19-39-34(46)28-7-5-13-44(28)51(47,48)31-10-9-27(36)26(32(31)37)20-50-30-8-4-6-25-29(43-22-38-21-40-43)18-35(2,3)41-33(25)30/h4,6,8-10,18,21-22,24,28,41H,5,7,11-17,19-20H2,1-3H3,(H,39,46)/t28-/m0/s1. The number of likely N-dealkylation sites (tertiary alicyclic amines) is 1. The quantitative estimate of drug-likeness (QED) is 0.247. The number of carbonyl (C=O) groups is 2. The number of sulfonamides is 1. The van der Waals surface area contributed by atoms with Crippen LogP contribution in [0.5, 0.6) is 5.75 Å². The van der Waals surface area contributed by atoms with Crippen LogP contribution >= 0.6 is 23.2 Å². The first-order chi connectivity index (χ1) is 24.3. The Hall–Kier alpha value is -3.69. The summed E-state index contributed by atoms with van der Waals surface area (Å²) >= 11 is 13.4. The maximum absolute atomic E-state index is 14.1. The first kappa shape index (κ1) is 37.1. The number of nitrogens with zero attached hydrogens (tertiary/aromatic N) is 5. The first-order valence-electron chi connectivity index (χ1n) is 17.1. The van der Waals surface area contributed by atoms with Crippen LogP contribution in [0.4, 0.5) is 5.69 Å². The Morgan fingerprint density at radius 1 is 1.10 bits per heavy atom. The Bertz CT molecular complexity index is 1900. The molecule has 0 aliphatic carbocycles. The number of hydrogen-bond acceptors (Lipinski definition) is 10. The van der Waals surface area contributed by atoms with Crippen molar-refractivity contribution in [1.29, 1.82) is 0 Å². The minimum Gasteiger partial charge on any atom is -0.487 e. The summed E-state index contributed by atoms with van der Waals surface area (Å²) in [4.78, 5) is 30.6. The second-order valence-electron chi connectivity index (χ2n) is 13.7. The third-order valence-electron chi connectivity index (χ3n) is 9.51. The number of fused-ring (bicyclic) bond motifs is 1. The minimum absolute atomic E-state index is 0.0460. The first-order valence-corrected chi connectivity index (χ1v) is 19.3. The van der Waals surface area contributed by atoms with E-state index < -0.39 is 21.6 Å². The van der Waals surface area contributed by atoms with E-state index in [1.165, 1.54) is 29.7 Å². The summed E-state index contributed by atoms with van der Waals surface area (Å²) < 4.78 is 42.5. The van der Waals surface area contributed by atoms with E-state index in [2.05, 4.69) is 31.7 Å². The van der Waals surface area contributed by atoms with Gasteiger partial charge < -0.3 is 20.1 Å². The van der Waals surface area contributed by atoms with E-state index in [1.807, 2.05) is 32.0 Å². The SMILES string of the molecule is CC(=O)OCCN1CCC(CNC(=O)[C@@H]2CCCN2S(=O)(=O)c2ccc(Cl)c(COc3cccc4c3NC(C)(C)C=C4n3cncn3)c2Cl)CC1. The number of halogens is 2. The Kier molecular flexibility index (Phi) is 11.3. The van der Waals surface area contributed by atoms with Crippen LogP contribution in [-0.2, 0) is 31.0 Å². The van der Waals surface area contributed by atoms with Gasteiger partial charge in [-0.15, -0.1) is 0 Å². The van der Waals surface area contributed by atoms with Crippen LogP contribution in [0.25, 0.3) is 5.70 Å². The molecule has 0 saturated carbocycles. The fourth-order valence-electron chi connectivity index (χ4n) is 6.86. The molecule has 2 aromatic carbocycles. The van der Waals surface area contributed by atoms with Crippen LogP contribution in [0, 0.1) is 5.92 Å². The zero-order chi connectivity index (χ0) is 36.3. The zero-order valence-electron chi connectivity index (χ0n) is 28.9. The maximum Gasteiger partial charge on any atom is 0.302 e. The van der Waals surface area contributed by atoms with E-state index >= 15 is 0 Å². The monoisotopic (exact) mass is 759 g/mol. The maximum atomic E-state index is 14.1. The van der Waals surface area contributed by atoms with Crippen molar-refractivity contribution in [3.63, 3.8) is 0 Å². The number of carbonyl (C=O) groups excluding carboxylic acids is 2. The van der Waals surface area contributed by atoms with Gasteiger partial charge in [-0.1, -0.05) is 35.3 Å². The molecule has 6 rings (SSSR count). The largest absolute Gasteiger partial charge is 0.487 e. The van der Waals surface area contributed by atoms with E-state index in [-0.39, 0.29) is 45.9 Å². The molecule has 3 aliphatic heterocycles. The lowest BCUT2D eigenvalue weighted by atomic mass is 9.94. The number of amides is 1. The molecule has 0 bridgehead atoms. The molecule has 1 aromatic heterocycles. The number of aromatic nitrogens is 3. The molecule has 16 heteroatoms. The highest BCUT2D eigenvalue weighted by Crippen LogP contribution is 2.42. The summed E-state index contributed by atoms with van der Waals surface area (Å²) in [7, 11) is -4.17. The molecule has 2 fully saturated rings. The van der Waals surface area contributed by atoms with Crippen molar-refractivity contribution in [2.75, 3.05) is 44.6 Å². The minimum atomic E-state index is -4.17. The normalized spacial score (nSPS) is 19.5. The van der Waals surface area contributed by atoms with Gasteiger partial charge in [-0.2, -0.15) is 9.40 Å². The molecule has 2 N–H and O–H groups in total. The van der Waals surface area contributed by atoms with Gasteiger partial charge in [-0.3, -0.25) is 14.5 Å². The van der Waals surface area contributed by atoms with Crippen molar-refractivity contribution >= 4 is 56.5 Å². The summed E-state index contributed by atoms with van der Waals surface area (Å²) in [6.07, 6.45) is 7.90. The summed E-state index contributed by atoms with van der Waals surface area (Å²) in [6, 6.07) is 7.66. The molecule has 2 saturated heterocycles. The highest BCUT2D eigenvalue weighted by atomic mass is 35.5. The van der Waals surface area contributed by atoms with E-state index in [4.69, 9.17) is 32.7 Å². The Labute approximate surface area is 308 Å². The van der Waals surface area contributed by atoms with Crippen LogP contribution in [0.1, 0.15) is 57.6 Å². The lowest BCUT2D eigenvalue weighted by Gasteiger charge is -2.33. The number of hydrogen-bond donors (Lipinski definition) is 2. The summed E-state index contributed by atoms with van der Waals surface area (Å²) in [5.74, 6) is 0.200. The molecule has 274 valence electrons. The highest BCUT2D eigenvalue weighted by molar-refractivity contribution is 7.89. The van der Waals surface area contributed by atoms with Gasteiger partial charge in [-0.25, -0.2) is 18.1 Å². The van der Waals surface area contributed by atoms with Crippen molar-refractivity contribution in [2.24, 2.45) is 5.92 Å². The van der Waals surface area contributed by atoms with Gasteiger partial charge in [0.25, 0.3) is 0 Å². The van der Waals surface area contributed by atoms with E-state index in [1.54, 1.807) is 11.0 Å². The molecule has 0 spiro atoms. The fourth-order valence-corrected chi connectivity index (χ4v) is 9.38. The fraction of sp³-hybridized carbons (Fsp3) is 0.486. The van der Waals surface area contributed by atoms with Crippen molar-refractivity contribution in [3.8, 4) is 5.75 Å². The average molecular weight is 761 g/mol. The second-order valence-corrected chi connectivity index (χ2v) is 16.3. The number of esters is 1. The molecule has 1 amide bonds. The smallest absolute Gasteiger partial charge is 0.302 e. The van der Waals surface area contributed by atoms with Crippen LogP contribution < -0.4 is 15.4 Å². The predicted molar refractivity (Wildman–Crippen MR) is 194 cm³/mol. The number of rotatable bonds is 12. The average Bonchev–Trinajstić information content (AvgIpc) is 3.81. The van der Waals surface area contributed by atoms with Gasteiger partial charge in [-0.05, 0) is 82.8 Å². The van der Waals surface area contributed by atoms with Crippen molar-refractivity contribution in [1.82, 2.24) is 29.3 Å². The molecule has 3 aliphatic rings. The van der Waals surface area contributed by atoms with Crippen LogP contribution in [0.2, 0.25) is 10.0 Å². The molecule has 51 heavy (non-hydrogen) atoms. The van der Waals surface area contributed by atoms with Crippen LogP contribution in [0.3, 0.4) is 0 Å². The third kappa shape index (κ3) is 8.36. The number of ether oxygens (including phenoxy) is 2. The number of anilines is 1. The Morgan fingerprint density at radius 2 is 1.88 bits per heavy atom. The van der Waals surface area contributed by atoms with Gasteiger partial charge in [0.05, 0.1) is 21.9 Å². The predicted octanol–water partition coefficient (Wildman–Crippen LogP) is 4.80. The summed E-state index contributed by atoms with van der Waals surface area (Å²) in [5.41, 5.74) is 2.30. The van der Waals surface area contributed by atoms with Gasteiger partial charge >= 0.3 is 5.97 Å². The van der Waals surface area contributed by atoms with E-state index in [0.29, 0.717) is 43.9 Å². The zero-order valence-corrected chi connectivity index (χ0v) is 31.2. The molecular weight excluding hydrogens is 717 g/mol. The van der Waals surface area contributed by atoms with E-state index in [0.717, 1.165) is 42.9 Å². The lowest BCUT2D eigenvalue weighted by Crippen LogP contribution is -2.47. The number of benzene rings is 2. The molecule has 4 heterocycles. The van der Waals surface area contributed by atoms with E-state index in [9.17, 15) is 18.0 Å². The Balaban J connectivity index is 1.12. The van der Waals surface area contributed by atoms with Gasteiger partial charge in [0.2, 0.25) is 15.9 Å². The second kappa shape index (κ2) is 15.5. The molecule has 0 radical (unpaired) electrons. The summed E-state index contributed by atoms with van der Waals surface area (Å²) in [5, 5.41) is 11.0. The molecule has 13 nitrogen and oxygen atoms in total. The molecule has 3 aromatic rings. The molecular formula is C35H43Cl2N7O6S. The van der Waals surface area contributed by atoms with Gasteiger partial charge in [0, 0.05) is 42.7 Å².